The van der Waals surface area contributed by atoms with Crippen LogP contribution in [0.5, 0.6) is 0 Å². The predicted molar refractivity (Wildman–Crippen MR) is 69.1 cm³/mol. The molecule has 1 fully saturated rings. The molecule has 1 aliphatic carbocycles. The van der Waals surface area contributed by atoms with E-state index in [0.717, 1.165) is 25.0 Å². The van der Waals surface area contributed by atoms with E-state index in [1.807, 2.05) is 0 Å². The molecule has 0 aromatic heterocycles. The highest BCUT2D eigenvalue weighted by Gasteiger charge is 2.37. The minimum absolute atomic E-state index is 0.147. The van der Waals surface area contributed by atoms with Crippen LogP contribution in [-0.2, 0) is 4.79 Å². The molecule has 3 unspecified atom stereocenters. The lowest BCUT2D eigenvalue weighted by Crippen LogP contribution is -2.31. The Kier molecular flexibility index (Phi) is 4.38. The molecule has 1 saturated carbocycles. The quantitative estimate of drug-likeness (QED) is 0.896. The zero-order valence-corrected chi connectivity index (χ0v) is 11.3. The second-order valence-electron chi connectivity index (χ2n) is 5.46. The molecule has 0 radical (unpaired) electrons. The second kappa shape index (κ2) is 5.87. The molecule has 1 aliphatic rings. The van der Waals surface area contributed by atoms with Crippen LogP contribution in [0.25, 0.3) is 0 Å². The SMILES string of the molecule is Cc1cc(F)c(C(O)C2CCCCC2C(=O)O)cc1F. The van der Waals surface area contributed by atoms with Crippen LogP contribution in [0.4, 0.5) is 8.78 Å². The molecule has 110 valence electrons. The van der Waals surface area contributed by atoms with Crippen molar-refractivity contribution in [2.24, 2.45) is 11.8 Å². The van der Waals surface area contributed by atoms with Crippen LogP contribution < -0.4 is 0 Å². The van der Waals surface area contributed by atoms with Crippen molar-refractivity contribution in [3.63, 3.8) is 0 Å². The number of carboxylic acid groups (broad SMARTS) is 1. The molecular formula is C15H18F2O3. The number of hydrogen-bond acceptors (Lipinski definition) is 2. The number of aliphatic carboxylic acids is 1. The monoisotopic (exact) mass is 284 g/mol. The van der Waals surface area contributed by atoms with E-state index in [1.165, 1.54) is 6.92 Å². The molecule has 20 heavy (non-hydrogen) atoms. The first-order valence-electron chi connectivity index (χ1n) is 6.78. The Hall–Kier alpha value is -1.49. The first-order chi connectivity index (χ1) is 9.41. The fraction of sp³-hybridized carbons (Fsp3) is 0.533. The Morgan fingerprint density at radius 3 is 2.55 bits per heavy atom. The molecule has 0 bridgehead atoms. The fourth-order valence-corrected chi connectivity index (χ4v) is 2.96. The van der Waals surface area contributed by atoms with Crippen LogP contribution in [0.15, 0.2) is 12.1 Å². The zero-order chi connectivity index (χ0) is 14.9. The number of hydrogen-bond donors (Lipinski definition) is 2. The number of carboxylic acids is 1. The van der Waals surface area contributed by atoms with Crippen molar-refractivity contribution in [3.8, 4) is 0 Å². The third-order valence-corrected chi connectivity index (χ3v) is 4.14. The number of carbonyl (C=O) groups is 1. The van der Waals surface area contributed by atoms with Crippen LogP contribution >= 0.6 is 0 Å². The minimum atomic E-state index is -1.29. The largest absolute Gasteiger partial charge is 0.481 e. The van der Waals surface area contributed by atoms with Crippen LogP contribution in [0, 0.1) is 30.4 Å². The van der Waals surface area contributed by atoms with Gasteiger partial charge >= 0.3 is 5.97 Å². The Bertz CT molecular complexity index is 516. The summed E-state index contributed by atoms with van der Waals surface area (Å²) >= 11 is 0. The third kappa shape index (κ3) is 2.82. The van der Waals surface area contributed by atoms with E-state index in [-0.39, 0.29) is 11.1 Å². The summed E-state index contributed by atoms with van der Waals surface area (Å²) in [6, 6.07) is 2.01. The van der Waals surface area contributed by atoms with E-state index in [9.17, 15) is 23.8 Å². The van der Waals surface area contributed by atoms with E-state index >= 15 is 0 Å². The standard InChI is InChI=1S/C15H18F2O3/c1-8-6-13(17)11(7-12(8)16)14(18)9-4-2-3-5-10(9)15(19)20/h6-7,9-10,14,18H,2-5H2,1H3,(H,19,20). The normalized spacial score (nSPS) is 24.4. The summed E-state index contributed by atoms with van der Waals surface area (Å²) in [7, 11) is 0. The lowest BCUT2D eigenvalue weighted by Gasteiger charge is -2.32. The van der Waals surface area contributed by atoms with Crippen LogP contribution in [0.1, 0.15) is 42.9 Å². The Morgan fingerprint density at radius 2 is 1.90 bits per heavy atom. The summed E-state index contributed by atoms with van der Waals surface area (Å²) in [6.07, 6.45) is 1.26. The van der Waals surface area contributed by atoms with Crippen LogP contribution in [0.3, 0.4) is 0 Å². The molecule has 1 aromatic carbocycles. The van der Waals surface area contributed by atoms with Gasteiger partial charge in [0.05, 0.1) is 12.0 Å². The van der Waals surface area contributed by atoms with Gasteiger partial charge in [-0.05, 0) is 37.5 Å². The average Bonchev–Trinajstić information content (AvgIpc) is 2.42. The Balaban J connectivity index is 2.32. The molecule has 0 aliphatic heterocycles. The number of benzene rings is 1. The molecule has 2 rings (SSSR count). The molecule has 0 amide bonds. The minimum Gasteiger partial charge on any atom is -0.481 e. The average molecular weight is 284 g/mol. The second-order valence-corrected chi connectivity index (χ2v) is 5.46. The molecule has 0 saturated heterocycles. The maximum atomic E-state index is 13.9. The third-order valence-electron chi connectivity index (χ3n) is 4.14. The van der Waals surface area contributed by atoms with Gasteiger partial charge in [0.1, 0.15) is 11.6 Å². The molecule has 0 spiro atoms. The van der Waals surface area contributed by atoms with Gasteiger partial charge in [-0.15, -0.1) is 0 Å². The Labute approximate surface area is 116 Å². The number of halogens is 2. The van der Waals surface area contributed by atoms with Crippen molar-refractivity contribution in [2.75, 3.05) is 0 Å². The lowest BCUT2D eigenvalue weighted by molar-refractivity contribution is -0.147. The maximum Gasteiger partial charge on any atom is 0.306 e. The highest BCUT2D eigenvalue weighted by molar-refractivity contribution is 5.70. The predicted octanol–water partition coefficient (Wildman–Crippen LogP) is 3.20. The van der Waals surface area contributed by atoms with Crippen molar-refractivity contribution < 1.29 is 23.8 Å². The van der Waals surface area contributed by atoms with Gasteiger partial charge in [0, 0.05) is 11.5 Å². The van der Waals surface area contributed by atoms with Crippen molar-refractivity contribution in [3.05, 3.63) is 34.9 Å². The smallest absolute Gasteiger partial charge is 0.306 e. The highest BCUT2D eigenvalue weighted by Crippen LogP contribution is 2.39. The van der Waals surface area contributed by atoms with Gasteiger partial charge in [0.15, 0.2) is 0 Å². The number of aryl methyl sites for hydroxylation is 1. The van der Waals surface area contributed by atoms with E-state index < -0.39 is 35.5 Å². The molecule has 0 heterocycles. The van der Waals surface area contributed by atoms with Crippen molar-refractivity contribution in [1.29, 1.82) is 0 Å². The molecule has 2 N–H and O–H groups in total. The van der Waals surface area contributed by atoms with E-state index in [4.69, 9.17) is 0 Å². The fourth-order valence-electron chi connectivity index (χ4n) is 2.96. The number of rotatable bonds is 3. The first kappa shape index (κ1) is 14.9. The van der Waals surface area contributed by atoms with Gasteiger partial charge in [-0.1, -0.05) is 12.8 Å². The van der Waals surface area contributed by atoms with Crippen molar-refractivity contribution in [2.45, 2.75) is 38.7 Å². The van der Waals surface area contributed by atoms with Gasteiger partial charge in [-0.25, -0.2) is 8.78 Å². The van der Waals surface area contributed by atoms with E-state index in [0.29, 0.717) is 12.8 Å². The van der Waals surface area contributed by atoms with Gasteiger partial charge in [-0.2, -0.15) is 0 Å². The molecule has 3 nitrogen and oxygen atoms in total. The van der Waals surface area contributed by atoms with Gasteiger partial charge < -0.3 is 10.2 Å². The zero-order valence-electron chi connectivity index (χ0n) is 11.3. The molecule has 5 heteroatoms. The summed E-state index contributed by atoms with van der Waals surface area (Å²) in [6.45, 7) is 1.44. The maximum absolute atomic E-state index is 13.9. The van der Waals surface area contributed by atoms with Gasteiger partial charge in [0.25, 0.3) is 0 Å². The molecule has 3 atom stereocenters. The molecule has 1 aromatic rings. The lowest BCUT2D eigenvalue weighted by atomic mass is 9.74. The topological polar surface area (TPSA) is 57.5 Å². The summed E-state index contributed by atoms with van der Waals surface area (Å²) in [5, 5.41) is 19.5. The summed E-state index contributed by atoms with van der Waals surface area (Å²) in [5.41, 5.74) is 0.0168. The summed E-state index contributed by atoms with van der Waals surface area (Å²) < 4.78 is 27.4. The Morgan fingerprint density at radius 1 is 1.25 bits per heavy atom. The van der Waals surface area contributed by atoms with Gasteiger partial charge in [-0.3, -0.25) is 4.79 Å². The van der Waals surface area contributed by atoms with Crippen molar-refractivity contribution >= 4 is 5.97 Å². The van der Waals surface area contributed by atoms with Crippen LogP contribution in [0.2, 0.25) is 0 Å². The van der Waals surface area contributed by atoms with E-state index in [1.54, 1.807) is 0 Å². The van der Waals surface area contributed by atoms with Crippen LogP contribution in [-0.4, -0.2) is 16.2 Å². The number of aliphatic hydroxyl groups is 1. The first-order valence-corrected chi connectivity index (χ1v) is 6.78. The highest BCUT2D eigenvalue weighted by atomic mass is 19.1. The van der Waals surface area contributed by atoms with Crippen molar-refractivity contribution in [1.82, 2.24) is 0 Å². The number of aliphatic hydroxyl groups excluding tert-OH is 1. The summed E-state index contributed by atoms with van der Waals surface area (Å²) in [4.78, 5) is 11.2. The van der Waals surface area contributed by atoms with Gasteiger partial charge in [0.2, 0.25) is 0 Å². The van der Waals surface area contributed by atoms with E-state index in [2.05, 4.69) is 0 Å². The summed E-state index contributed by atoms with van der Waals surface area (Å²) in [5.74, 6) is -3.55. The molecular weight excluding hydrogens is 266 g/mol.